The van der Waals surface area contributed by atoms with Crippen LogP contribution in [0.15, 0.2) is 36.8 Å². The third kappa shape index (κ3) is 3.64. The summed E-state index contributed by atoms with van der Waals surface area (Å²) in [5.74, 6) is 1.03. The van der Waals surface area contributed by atoms with Crippen molar-refractivity contribution in [1.29, 1.82) is 0 Å². The Morgan fingerprint density at radius 3 is 2.81 bits per heavy atom. The van der Waals surface area contributed by atoms with Gasteiger partial charge in [0.2, 0.25) is 0 Å². The Bertz CT molecular complexity index is 573. The van der Waals surface area contributed by atoms with Gasteiger partial charge in [-0.3, -0.25) is 0 Å². The zero-order valence-electron chi connectivity index (χ0n) is 12.6. The summed E-state index contributed by atoms with van der Waals surface area (Å²) in [7, 11) is 2.02. The SMILES string of the molecule is Cn1cncc1CNCc1ccccc1OC1CCCC1. The molecule has 1 aliphatic rings. The maximum atomic E-state index is 6.16. The molecular weight excluding hydrogens is 262 g/mol. The quantitative estimate of drug-likeness (QED) is 0.886. The third-order valence-electron chi connectivity index (χ3n) is 4.11. The normalized spacial score (nSPS) is 15.5. The van der Waals surface area contributed by atoms with Gasteiger partial charge in [-0.05, 0) is 31.7 Å². The molecule has 1 aliphatic carbocycles. The van der Waals surface area contributed by atoms with Crippen LogP contribution in [-0.2, 0) is 20.1 Å². The second-order valence-electron chi connectivity index (χ2n) is 5.73. The largest absolute Gasteiger partial charge is 0.490 e. The van der Waals surface area contributed by atoms with E-state index in [1.165, 1.54) is 36.9 Å². The summed E-state index contributed by atoms with van der Waals surface area (Å²) in [6, 6.07) is 8.34. The lowest BCUT2D eigenvalue weighted by molar-refractivity contribution is 0.207. The lowest BCUT2D eigenvalue weighted by atomic mass is 10.2. The number of para-hydroxylation sites is 1. The Labute approximate surface area is 126 Å². The number of aryl methyl sites for hydroxylation is 1. The maximum Gasteiger partial charge on any atom is 0.124 e. The Morgan fingerprint density at radius 2 is 2.05 bits per heavy atom. The molecule has 4 heteroatoms. The van der Waals surface area contributed by atoms with Gasteiger partial charge in [-0.15, -0.1) is 0 Å². The minimum atomic E-state index is 0.406. The summed E-state index contributed by atoms with van der Waals surface area (Å²) in [5, 5.41) is 3.47. The van der Waals surface area contributed by atoms with E-state index in [1.54, 1.807) is 0 Å². The number of nitrogens with one attached hydrogen (secondary N) is 1. The molecule has 0 saturated heterocycles. The topological polar surface area (TPSA) is 39.1 Å². The summed E-state index contributed by atoms with van der Waals surface area (Å²) in [5.41, 5.74) is 2.41. The van der Waals surface area contributed by atoms with Crippen LogP contribution in [0.5, 0.6) is 5.75 Å². The molecular formula is C17H23N3O. The number of hydrogen-bond acceptors (Lipinski definition) is 3. The Hall–Kier alpha value is -1.81. The van der Waals surface area contributed by atoms with Gasteiger partial charge in [-0.1, -0.05) is 18.2 Å². The first-order chi connectivity index (χ1) is 10.3. The molecule has 0 amide bonds. The highest BCUT2D eigenvalue weighted by Gasteiger charge is 2.17. The highest BCUT2D eigenvalue weighted by Crippen LogP contribution is 2.26. The van der Waals surface area contributed by atoms with Crippen LogP contribution in [0, 0.1) is 0 Å². The van der Waals surface area contributed by atoms with Gasteiger partial charge in [0, 0.05) is 31.9 Å². The van der Waals surface area contributed by atoms with Gasteiger partial charge in [-0.2, -0.15) is 0 Å². The van der Waals surface area contributed by atoms with E-state index in [2.05, 4.69) is 34.6 Å². The van der Waals surface area contributed by atoms with Crippen LogP contribution >= 0.6 is 0 Å². The monoisotopic (exact) mass is 285 g/mol. The molecule has 0 aliphatic heterocycles. The van der Waals surface area contributed by atoms with Crippen molar-refractivity contribution in [2.75, 3.05) is 0 Å². The number of imidazole rings is 1. The van der Waals surface area contributed by atoms with Gasteiger partial charge < -0.3 is 14.6 Å². The van der Waals surface area contributed by atoms with Crippen LogP contribution in [-0.4, -0.2) is 15.7 Å². The van der Waals surface area contributed by atoms with E-state index in [-0.39, 0.29) is 0 Å². The van der Waals surface area contributed by atoms with Gasteiger partial charge >= 0.3 is 0 Å². The average Bonchev–Trinajstić information content (AvgIpc) is 3.13. The Balaban J connectivity index is 1.58. The van der Waals surface area contributed by atoms with Gasteiger partial charge in [0.25, 0.3) is 0 Å². The fourth-order valence-electron chi connectivity index (χ4n) is 2.83. The van der Waals surface area contributed by atoms with Crippen LogP contribution in [0.1, 0.15) is 36.9 Å². The lowest BCUT2D eigenvalue weighted by Crippen LogP contribution is -2.17. The number of aromatic nitrogens is 2. The predicted octanol–water partition coefficient (Wildman–Crippen LogP) is 3.03. The van der Waals surface area contributed by atoms with Crippen molar-refractivity contribution >= 4 is 0 Å². The fourth-order valence-corrected chi connectivity index (χ4v) is 2.83. The molecule has 0 spiro atoms. The van der Waals surface area contributed by atoms with E-state index >= 15 is 0 Å². The second-order valence-corrected chi connectivity index (χ2v) is 5.73. The van der Waals surface area contributed by atoms with Gasteiger partial charge in [0.1, 0.15) is 5.75 Å². The number of ether oxygens (including phenoxy) is 1. The van der Waals surface area contributed by atoms with Crippen LogP contribution < -0.4 is 10.1 Å². The molecule has 0 radical (unpaired) electrons. The first-order valence-electron chi connectivity index (χ1n) is 7.73. The standard InChI is InChI=1S/C17H23N3O/c1-20-13-19-12-15(20)11-18-10-14-6-2-5-9-17(14)21-16-7-3-4-8-16/h2,5-6,9,12-13,16,18H,3-4,7-8,10-11H2,1H3. The molecule has 1 aromatic carbocycles. The minimum Gasteiger partial charge on any atom is -0.490 e. The minimum absolute atomic E-state index is 0.406. The van der Waals surface area contributed by atoms with Gasteiger partial charge in [-0.25, -0.2) is 4.98 Å². The fraction of sp³-hybridized carbons (Fsp3) is 0.471. The van der Waals surface area contributed by atoms with Crippen molar-refractivity contribution < 1.29 is 4.74 Å². The van der Waals surface area contributed by atoms with Crippen molar-refractivity contribution in [3.05, 3.63) is 48.0 Å². The van der Waals surface area contributed by atoms with Crippen molar-refractivity contribution in [3.8, 4) is 5.75 Å². The molecule has 0 atom stereocenters. The van der Waals surface area contributed by atoms with Crippen LogP contribution in [0.2, 0.25) is 0 Å². The third-order valence-corrected chi connectivity index (χ3v) is 4.11. The number of benzene rings is 1. The van der Waals surface area contributed by atoms with Gasteiger partial charge in [0.15, 0.2) is 0 Å². The molecule has 0 bridgehead atoms. The molecule has 1 heterocycles. The van der Waals surface area contributed by atoms with Crippen LogP contribution in [0.25, 0.3) is 0 Å². The summed E-state index contributed by atoms with van der Waals surface area (Å²) >= 11 is 0. The van der Waals surface area contributed by atoms with Crippen molar-refractivity contribution in [1.82, 2.24) is 14.9 Å². The summed E-state index contributed by atoms with van der Waals surface area (Å²) in [6.45, 7) is 1.63. The van der Waals surface area contributed by atoms with Crippen LogP contribution in [0.4, 0.5) is 0 Å². The predicted molar refractivity (Wildman–Crippen MR) is 83.1 cm³/mol. The second kappa shape index (κ2) is 6.76. The lowest BCUT2D eigenvalue weighted by Gasteiger charge is -2.16. The molecule has 1 saturated carbocycles. The average molecular weight is 285 g/mol. The summed E-state index contributed by atoms with van der Waals surface area (Å²) < 4.78 is 8.20. The highest BCUT2D eigenvalue weighted by molar-refractivity contribution is 5.33. The van der Waals surface area contributed by atoms with E-state index in [0.29, 0.717) is 6.10 Å². The van der Waals surface area contributed by atoms with E-state index in [0.717, 1.165) is 18.8 Å². The zero-order valence-corrected chi connectivity index (χ0v) is 12.6. The Morgan fingerprint density at radius 1 is 1.24 bits per heavy atom. The molecule has 112 valence electrons. The van der Waals surface area contributed by atoms with Crippen molar-refractivity contribution in [2.45, 2.75) is 44.9 Å². The van der Waals surface area contributed by atoms with E-state index in [4.69, 9.17) is 4.74 Å². The molecule has 4 nitrogen and oxygen atoms in total. The van der Waals surface area contributed by atoms with Crippen LogP contribution in [0.3, 0.4) is 0 Å². The first kappa shape index (κ1) is 14.1. The molecule has 3 rings (SSSR count). The molecule has 1 N–H and O–H groups in total. The van der Waals surface area contributed by atoms with E-state index in [9.17, 15) is 0 Å². The van der Waals surface area contributed by atoms with Gasteiger partial charge in [0.05, 0.1) is 18.1 Å². The molecule has 1 fully saturated rings. The molecule has 1 aromatic heterocycles. The molecule has 21 heavy (non-hydrogen) atoms. The van der Waals surface area contributed by atoms with Crippen molar-refractivity contribution in [3.63, 3.8) is 0 Å². The first-order valence-corrected chi connectivity index (χ1v) is 7.73. The summed E-state index contributed by atoms with van der Waals surface area (Å²) in [4.78, 5) is 4.13. The zero-order chi connectivity index (χ0) is 14.5. The maximum absolute atomic E-state index is 6.16. The summed E-state index contributed by atoms with van der Waals surface area (Å²) in [6.07, 6.45) is 9.11. The molecule has 0 unspecified atom stereocenters. The highest BCUT2D eigenvalue weighted by atomic mass is 16.5. The van der Waals surface area contributed by atoms with Crippen molar-refractivity contribution in [2.24, 2.45) is 7.05 Å². The smallest absolute Gasteiger partial charge is 0.124 e. The number of nitrogens with zero attached hydrogens (tertiary/aromatic N) is 2. The van der Waals surface area contributed by atoms with E-state index in [1.807, 2.05) is 24.1 Å². The Kier molecular flexibility index (Phi) is 4.55. The number of rotatable bonds is 6. The van der Waals surface area contributed by atoms with E-state index < -0.39 is 0 Å². The molecule has 2 aromatic rings. The number of hydrogen-bond donors (Lipinski definition) is 1.